The molecule has 0 aliphatic heterocycles. The lowest BCUT2D eigenvalue weighted by molar-refractivity contribution is -0.119. The van der Waals surface area contributed by atoms with E-state index in [9.17, 15) is 15.0 Å². The Morgan fingerprint density at radius 1 is 1.25 bits per heavy atom. The van der Waals surface area contributed by atoms with Gasteiger partial charge in [-0.05, 0) is 37.6 Å². The topological polar surface area (TPSA) is 107 Å². The highest BCUT2D eigenvalue weighted by Gasteiger charge is 2.13. The molecule has 0 bridgehead atoms. The second-order valence-corrected chi connectivity index (χ2v) is 5.12. The van der Waals surface area contributed by atoms with E-state index in [1.54, 1.807) is 31.3 Å². The van der Waals surface area contributed by atoms with Gasteiger partial charge in [0.1, 0.15) is 17.3 Å². The molecule has 7 heteroatoms. The fraction of sp³-hybridized carbons (Fsp3) is 0.235. The average molecular weight is 328 g/mol. The summed E-state index contributed by atoms with van der Waals surface area (Å²) in [4.78, 5) is 15.9. The number of aromatic nitrogens is 1. The third-order valence-electron chi connectivity index (χ3n) is 3.46. The number of hydrazone groups is 1. The Morgan fingerprint density at radius 3 is 2.71 bits per heavy atom. The first kappa shape index (κ1) is 17.3. The molecule has 0 unspecified atom stereocenters. The van der Waals surface area contributed by atoms with Crippen LogP contribution in [0.3, 0.4) is 0 Å². The van der Waals surface area contributed by atoms with Crippen molar-refractivity contribution in [3.05, 3.63) is 47.7 Å². The fourth-order valence-corrected chi connectivity index (χ4v) is 2.06. The van der Waals surface area contributed by atoms with E-state index in [2.05, 4.69) is 20.8 Å². The van der Waals surface area contributed by atoms with Crippen molar-refractivity contribution in [2.24, 2.45) is 5.10 Å². The number of pyridine rings is 1. The normalized spacial score (nSPS) is 11.2. The highest BCUT2D eigenvalue weighted by molar-refractivity contribution is 6.03. The number of rotatable bonds is 6. The van der Waals surface area contributed by atoms with Gasteiger partial charge in [-0.2, -0.15) is 5.10 Å². The number of nitrogens with one attached hydrogen (secondary N) is 2. The average Bonchev–Trinajstić information content (AvgIpc) is 2.61. The molecule has 1 aromatic carbocycles. The number of phenolic OH excluding ortho intramolecular Hbond substituents is 2. The summed E-state index contributed by atoms with van der Waals surface area (Å²) in [5.74, 6) is 0.229. The summed E-state index contributed by atoms with van der Waals surface area (Å²) in [5, 5.41) is 26.7. The minimum atomic E-state index is -0.332. The summed E-state index contributed by atoms with van der Waals surface area (Å²) in [6.07, 6.45) is 2.13. The molecule has 0 fully saturated rings. The SMILES string of the molecule is CC/C(=N\NC(=O)CNc1ccccn1)c1ccc(O)c(C)c1O. The lowest BCUT2D eigenvalue weighted by atomic mass is 10.0. The Labute approximate surface area is 140 Å². The van der Waals surface area contributed by atoms with Crippen molar-refractivity contribution in [1.82, 2.24) is 10.4 Å². The van der Waals surface area contributed by atoms with Gasteiger partial charge in [-0.25, -0.2) is 10.4 Å². The molecule has 1 amide bonds. The largest absolute Gasteiger partial charge is 0.508 e. The number of amides is 1. The summed E-state index contributed by atoms with van der Waals surface area (Å²) >= 11 is 0. The number of hydrogen-bond acceptors (Lipinski definition) is 6. The number of nitrogens with zero attached hydrogens (tertiary/aromatic N) is 2. The van der Waals surface area contributed by atoms with Crippen molar-refractivity contribution in [2.75, 3.05) is 11.9 Å². The first-order valence-corrected chi connectivity index (χ1v) is 7.55. The van der Waals surface area contributed by atoms with Crippen molar-refractivity contribution in [1.29, 1.82) is 0 Å². The quantitative estimate of drug-likeness (QED) is 0.480. The molecule has 0 spiro atoms. The summed E-state index contributed by atoms with van der Waals surface area (Å²) in [6, 6.07) is 8.41. The molecule has 0 saturated heterocycles. The molecule has 0 radical (unpaired) electrons. The molecule has 0 atom stereocenters. The molecule has 126 valence electrons. The van der Waals surface area contributed by atoms with Crippen molar-refractivity contribution >= 4 is 17.4 Å². The van der Waals surface area contributed by atoms with Crippen LogP contribution in [0.4, 0.5) is 5.82 Å². The molecular formula is C17H20N4O3. The van der Waals surface area contributed by atoms with Crippen LogP contribution in [-0.4, -0.2) is 33.4 Å². The zero-order chi connectivity index (χ0) is 17.5. The van der Waals surface area contributed by atoms with Gasteiger partial charge in [0.05, 0.1) is 12.3 Å². The van der Waals surface area contributed by atoms with E-state index >= 15 is 0 Å². The Hall–Kier alpha value is -3.09. The van der Waals surface area contributed by atoms with E-state index in [0.29, 0.717) is 29.1 Å². The predicted octanol–water partition coefficient (Wildman–Crippen LogP) is 2.14. The number of anilines is 1. The summed E-state index contributed by atoms with van der Waals surface area (Å²) in [7, 11) is 0. The standard InChI is InChI=1S/C17H20N4O3/c1-3-13(12-7-8-14(22)11(2)17(12)24)20-21-16(23)10-19-15-6-4-5-9-18-15/h4-9,22,24H,3,10H2,1-2H3,(H,18,19)(H,21,23)/b20-13+. The lowest BCUT2D eigenvalue weighted by Crippen LogP contribution is -2.27. The van der Waals surface area contributed by atoms with Crippen molar-refractivity contribution in [2.45, 2.75) is 20.3 Å². The third kappa shape index (κ3) is 4.22. The molecule has 24 heavy (non-hydrogen) atoms. The second-order valence-electron chi connectivity index (χ2n) is 5.12. The van der Waals surface area contributed by atoms with Crippen LogP contribution in [0.5, 0.6) is 11.5 Å². The van der Waals surface area contributed by atoms with Crippen molar-refractivity contribution < 1.29 is 15.0 Å². The first-order chi connectivity index (χ1) is 11.5. The van der Waals surface area contributed by atoms with Gasteiger partial charge in [-0.15, -0.1) is 0 Å². The highest BCUT2D eigenvalue weighted by Crippen LogP contribution is 2.30. The number of phenols is 2. The zero-order valence-corrected chi connectivity index (χ0v) is 13.6. The maximum atomic E-state index is 11.9. The first-order valence-electron chi connectivity index (χ1n) is 7.55. The van der Waals surface area contributed by atoms with Crippen LogP contribution in [0.1, 0.15) is 24.5 Å². The summed E-state index contributed by atoms with van der Waals surface area (Å²) < 4.78 is 0. The van der Waals surface area contributed by atoms with Gasteiger partial charge in [-0.3, -0.25) is 4.79 Å². The maximum Gasteiger partial charge on any atom is 0.259 e. The number of carbonyl (C=O) groups excluding carboxylic acids is 1. The Balaban J connectivity index is 2.03. The monoisotopic (exact) mass is 328 g/mol. The molecule has 0 saturated carbocycles. The Kier molecular flexibility index (Phi) is 5.73. The fourth-order valence-electron chi connectivity index (χ4n) is 2.06. The highest BCUT2D eigenvalue weighted by atomic mass is 16.3. The van der Waals surface area contributed by atoms with Crippen LogP contribution in [0.15, 0.2) is 41.6 Å². The summed E-state index contributed by atoms with van der Waals surface area (Å²) in [5.41, 5.74) is 3.81. The molecular weight excluding hydrogens is 308 g/mol. The number of benzene rings is 1. The minimum absolute atomic E-state index is 0.00954. The van der Waals surface area contributed by atoms with Gasteiger partial charge >= 0.3 is 0 Å². The van der Waals surface area contributed by atoms with E-state index in [0.717, 1.165) is 0 Å². The van der Waals surface area contributed by atoms with Crippen LogP contribution in [0.2, 0.25) is 0 Å². The van der Waals surface area contributed by atoms with Crippen LogP contribution >= 0.6 is 0 Å². The van der Waals surface area contributed by atoms with Gasteiger partial charge in [0.15, 0.2) is 0 Å². The van der Waals surface area contributed by atoms with Crippen LogP contribution in [0.25, 0.3) is 0 Å². The molecule has 0 aliphatic rings. The summed E-state index contributed by atoms with van der Waals surface area (Å²) in [6.45, 7) is 3.49. The van der Waals surface area contributed by atoms with Gasteiger partial charge < -0.3 is 15.5 Å². The third-order valence-corrected chi connectivity index (χ3v) is 3.46. The smallest absolute Gasteiger partial charge is 0.259 e. The molecule has 4 N–H and O–H groups in total. The lowest BCUT2D eigenvalue weighted by Gasteiger charge is -2.10. The number of hydrogen-bond donors (Lipinski definition) is 4. The second kappa shape index (κ2) is 7.96. The van der Waals surface area contributed by atoms with E-state index < -0.39 is 0 Å². The number of aromatic hydroxyl groups is 2. The predicted molar refractivity (Wildman–Crippen MR) is 92.2 cm³/mol. The van der Waals surface area contributed by atoms with E-state index in [4.69, 9.17) is 0 Å². The Bertz CT molecular complexity index is 745. The Morgan fingerprint density at radius 2 is 2.04 bits per heavy atom. The maximum absolute atomic E-state index is 11.9. The molecule has 1 aromatic heterocycles. The van der Waals surface area contributed by atoms with E-state index in [-0.39, 0.29) is 24.0 Å². The van der Waals surface area contributed by atoms with E-state index in [1.165, 1.54) is 6.07 Å². The van der Waals surface area contributed by atoms with Crippen molar-refractivity contribution in [3.8, 4) is 11.5 Å². The van der Waals surface area contributed by atoms with Crippen LogP contribution in [-0.2, 0) is 4.79 Å². The molecule has 2 rings (SSSR count). The molecule has 7 nitrogen and oxygen atoms in total. The zero-order valence-electron chi connectivity index (χ0n) is 13.6. The van der Waals surface area contributed by atoms with Gasteiger partial charge in [-0.1, -0.05) is 13.0 Å². The van der Waals surface area contributed by atoms with Crippen LogP contribution < -0.4 is 10.7 Å². The van der Waals surface area contributed by atoms with Crippen molar-refractivity contribution in [3.63, 3.8) is 0 Å². The molecule has 1 heterocycles. The van der Waals surface area contributed by atoms with E-state index in [1.807, 2.05) is 13.0 Å². The van der Waals surface area contributed by atoms with Gasteiger partial charge in [0, 0.05) is 17.3 Å². The molecule has 2 aromatic rings. The van der Waals surface area contributed by atoms with Crippen LogP contribution in [0, 0.1) is 6.92 Å². The number of carbonyl (C=O) groups is 1. The minimum Gasteiger partial charge on any atom is -0.508 e. The molecule has 0 aliphatic carbocycles. The van der Waals surface area contributed by atoms with Gasteiger partial charge in [0.25, 0.3) is 5.91 Å². The van der Waals surface area contributed by atoms with Gasteiger partial charge in [0.2, 0.25) is 0 Å².